The van der Waals surface area contributed by atoms with Crippen molar-refractivity contribution in [1.82, 2.24) is 14.8 Å². The summed E-state index contributed by atoms with van der Waals surface area (Å²) in [5.74, 6) is 7.17. The Hall–Kier alpha value is -0.570. The predicted molar refractivity (Wildman–Crippen MR) is 70.5 cm³/mol. The van der Waals surface area contributed by atoms with Crippen molar-refractivity contribution >= 4 is 11.6 Å². The second-order valence-corrected chi connectivity index (χ2v) is 6.85. The first-order valence-corrected chi connectivity index (χ1v) is 7.75. The first-order chi connectivity index (χ1) is 8.72. The molecule has 1 heterocycles. The summed E-state index contributed by atoms with van der Waals surface area (Å²) in [7, 11) is 0. The Morgan fingerprint density at radius 3 is 2.44 bits per heavy atom. The van der Waals surface area contributed by atoms with Gasteiger partial charge in [-0.25, -0.2) is 0 Å². The van der Waals surface area contributed by atoms with Crippen LogP contribution in [-0.4, -0.2) is 14.8 Å². The third-order valence-corrected chi connectivity index (χ3v) is 5.70. The molecule has 0 saturated heterocycles. The van der Waals surface area contributed by atoms with Crippen molar-refractivity contribution < 1.29 is 0 Å². The topological polar surface area (TPSA) is 30.7 Å². The Kier molecular flexibility index (Phi) is 2.33. The Bertz CT molecular complexity index is 465. The van der Waals surface area contributed by atoms with Gasteiger partial charge in [-0.15, -0.1) is 21.8 Å². The van der Waals surface area contributed by atoms with Gasteiger partial charge in [-0.3, -0.25) is 0 Å². The maximum atomic E-state index is 5.98. The summed E-state index contributed by atoms with van der Waals surface area (Å²) in [5, 5.41) is 8.77. The molecule has 0 radical (unpaired) electrons. The van der Waals surface area contributed by atoms with Crippen molar-refractivity contribution in [2.24, 2.45) is 23.7 Å². The summed E-state index contributed by atoms with van der Waals surface area (Å²) in [4.78, 5) is 0. The van der Waals surface area contributed by atoms with Crippen LogP contribution in [0.4, 0.5) is 0 Å². The molecule has 2 bridgehead atoms. The van der Waals surface area contributed by atoms with Crippen LogP contribution in [-0.2, 0) is 5.88 Å². The van der Waals surface area contributed by atoms with Gasteiger partial charge in [-0.1, -0.05) is 0 Å². The van der Waals surface area contributed by atoms with Gasteiger partial charge >= 0.3 is 0 Å². The number of aromatic nitrogens is 3. The number of hydrogen-bond acceptors (Lipinski definition) is 2. The van der Waals surface area contributed by atoms with Crippen LogP contribution in [0.2, 0.25) is 0 Å². The Morgan fingerprint density at radius 2 is 1.89 bits per heavy atom. The van der Waals surface area contributed by atoms with Gasteiger partial charge in [0.2, 0.25) is 0 Å². The fourth-order valence-corrected chi connectivity index (χ4v) is 5.07. The van der Waals surface area contributed by atoms with E-state index < -0.39 is 0 Å². The molecule has 3 aliphatic rings. The first-order valence-electron chi connectivity index (χ1n) is 7.22. The lowest BCUT2D eigenvalue weighted by Gasteiger charge is -2.15. The zero-order valence-electron chi connectivity index (χ0n) is 11.0. The highest BCUT2D eigenvalue weighted by Crippen LogP contribution is 2.72. The van der Waals surface area contributed by atoms with Gasteiger partial charge in [0, 0.05) is 12.0 Å². The van der Waals surface area contributed by atoms with E-state index in [9.17, 15) is 0 Å². The van der Waals surface area contributed by atoms with Crippen LogP contribution in [0.15, 0.2) is 0 Å². The minimum absolute atomic E-state index is 0.419. The van der Waals surface area contributed by atoms with Gasteiger partial charge in [-0.05, 0) is 56.8 Å². The number of fused-ring (bicyclic) bond motifs is 5. The molecule has 98 valence electrons. The van der Waals surface area contributed by atoms with Gasteiger partial charge in [0.25, 0.3) is 0 Å². The average Bonchev–Trinajstić information content (AvgIpc) is 2.74. The zero-order valence-corrected chi connectivity index (χ0v) is 11.8. The molecule has 0 aliphatic heterocycles. The summed E-state index contributed by atoms with van der Waals surface area (Å²) in [6.45, 7) is 4.41. The lowest BCUT2D eigenvalue weighted by atomic mass is 10.0. The Morgan fingerprint density at radius 1 is 1.22 bits per heavy atom. The smallest absolute Gasteiger partial charge is 0.148 e. The molecule has 1 aromatic heterocycles. The minimum Gasteiger partial charge on any atom is -0.311 e. The molecule has 0 N–H and O–H groups in total. The van der Waals surface area contributed by atoms with E-state index in [1.807, 2.05) is 0 Å². The summed E-state index contributed by atoms with van der Waals surface area (Å²) >= 11 is 5.98. The number of alkyl halides is 1. The summed E-state index contributed by atoms with van der Waals surface area (Å²) in [5.41, 5.74) is 0. The molecule has 18 heavy (non-hydrogen) atoms. The highest BCUT2D eigenvalue weighted by Gasteiger charge is 2.66. The molecule has 4 rings (SSSR count). The molecule has 0 spiro atoms. The Labute approximate surface area is 113 Å². The van der Waals surface area contributed by atoms with Crippen LogP contribution in [0, 0.1) is 23.7 Å². The van der Waals surface area contributed by atoms with E-state index >= 15 is 0 Å². The third kappa shape index (κ3) is 1.31. The van der Waals surface area contributed by atoms with E-state index in [1.165, 1.54) is 25.1 Å². The highest BCUT2D eigenvalue weighted by molar-refractivity contribution is 6.16. The fraction of sp³-hybridized carbons (Fsp3) is 0.857. The molecule has 1 aromatic rings. The first kappa shape index (κ1) is 11.3. The van der Waals surface area contributed by atoms with E-state index in [2.05, 4.69) is 28.6 Å². The van der Waals surface area contributed by atoms with Crippen LogP contribution < -0.4 is 0 Å². The second-order valence-electron chi connectivity index (χ2n) is 6.59. The third-order valence-electron chi connectivity index (χ3n) is 5.46. The number of nitrogens with zero attached hydrogens (tertiary/aromatic N) is 3. The van der Waals surface area contributed by atoms with Gasteiger partial charge in [-0.2, -0.15) is 0 Å². The van der Waals surface area contributed by atoms with Crippen LogP contribution >= 0.6 is 11.6 Å². The minimum atomic E-state index is 0.419. The molecule has 4 heteroatoms. The van der Waals surface area contributed by atoms with Gasteiger partial charge < -0.3 is 4.57 Å². The molecule has 3 aliphatic carbocycles. The van der Waals surface area contributed by atoms with Crippen molar-refractivity contribution in [3.63, 3.8) is 0 Å². The van der Waals surface area contributed by atoms with E-state index in [0.29, 0.717) is 17.8 Å². The highest BCUT2D eigenvalue weighted by atomic mass is 35.5. The maximum absolute atomic E-state index is 5.98. The Balaban J connectivity index is 1.69. The average molecular weight is 266 g/mol. The van der Waals surface area contributed by atoms with Crippen LogP contribution in [0.3, 0.4) is 0 Å². The summed E-state index contributed by atoms with van der Waals surface area (Å²) < 4.78 is 2.29. The van der Waals surface area contributed by atoms with Crippen LogP contribution in [0.1, 0.15) is 56.7 Å². The molecule has 3 nitrogen and oxygen atoms in total. The molecule has 4 atom stereocenters. The van der Waals surface area contributed by atoms with Gasteiger partial charge in [0.15, 0.2) is 0 Å². The van der Waals surface area contributed by atoms with Crippen molar-refractivity contribution in [2.75, 3.05) is 0 Å². The van der Waals surface area contributed by atoms with E-state index in [4.69, 9.17) is 11.6 Å². The second kappa shape index (κ2) is 3.72. The standard InChI is InChI=1S/C14H20ClN3/c1-7(2)18-10(6-15)16-17-14(18)13-11-8-3-4-9(5-8)12(11)13/h7-9,11-13H,3-6H2,1-2H3. The van der Waals surface area contributed by atoms with Crippen molar-refractivity contribution in [3.8, 4) is 0 Å². The monoisotopic (exact) mass is 265 g/mol. The van der Waals surface area contributed by atoms with E-state index in [-0.39, 0.29) is 0 Å². The number of hydrogen-bond donors (Lipinski definition) is 0. The van der Waals surface area contributed by atoms with Gasteiger partial charge in [0.1, 0.15) is 11.6 Å². The predicted octanol–water partition coefficient (Wildman–Crippen LogP) is 3.36. The van der Waals surface area contributed by atoms with Crippen molar-refractivity contribution in [2.45, 2.75) is 50.9 Å². The SMILES string of the molecule is CC(C)n1c(CCl)nnc1C1C2C3CCC(C3)C12. The lowest BCUT2D eigenvalue weighted by molar-refractivity contribution is 0.456. The van der Waals surface area contributed by atoms with Crippen molar-refractivity contribution in [1.29, 1.82) is 0 Å². The largest absolute Gasteiger partial charge is 0.311 e. The molecule has 3 saturated carbocycles. The summed E-state index contributed by atoms with van der Waals surface area (Å²) in [6, 6.07) is 0.419. The molecule has 4 unspecified atom stereocenters. The molecule has 0 amide bonds. The number of rotatable bonds is 3. The molecular formula is C14H20ClN3. The zero-order chi connectivity index (χ0) is 12.4. The quantitative estimate of drug-likeness (QED) is 0.785. The summed E-state index contributed by atoms with van der Waals surface area (Å²) in [6.07, 6.45) is 4.41. The maximum Gasteiger partial charge on any atom is 0.148 e. The van der Waals surface area contributed by atoms with Crippen molar-refractivity contribution in [3.05, 3.63) is 11.6 Å². The molecule has 3 fully saturated rings. The molecular weight excluding hydrogens is 246 g/mol. The van der Waals surface area contributed by atoms with E-state index in [0.717, 1.165) is 29.5 Å². The van der Waals surface area contributed by atoms with Crippen LogP contribution in [0.25, 0.3) is 0 Å². The van der Waals surface area contributed by atoms with Gasteiger partial charge in [0.05, 0.1) is 5.88 Å². The lowest BCUT2D eigenvalue weighted by Crippen LogP contribution is -2.11. The normalized spacial score (nSPS) is 40.6. The number of halogens is 1. The fourth-order valence-electron chi connectivity index (χ4n) is 4.89. The molecule has 0 aromatic carbocycles. The van der Waals surface area contributed by atoms with E-state index in [1.54, 1.807) is 0 Å². The van der Waals surface area contributed by atoms with Crippen LogP contribution in [0.5, 0.6) is 0 Å².